The second-order valence-corrected chi connectivity index (χ2v) is 10.3. The first-order valence-corrected chi connectivity index (χ1v) is 9.88. The predicted molar refractivity (Wildman–Crippen MR) is 101 cm³/mol. The second-order valence-electron chi connectivity index (χ2n) is 10.3. The summed E-state index contributed by atoms with van der Waals surface area (Å²) < 4.78 is 13.0. The zero-order valence-corrected chi connectivity index (χ0v) is 17.0. The van der Waals surface area contributed by atoms with Crippen LogP contribution in [0.4, 0.5) is 0 Å². The first-order valence-electron chi connectivity index (χ1n) is 9.88. The van der Waals surface area contributed by atoms with E-state index in [4.69, 9.17) is 9.47 Å². The average Bonchev–Trinajstić information content (AvgIpc) is 2.75. The van der Waals surface area contributed by atoms with E-state index in [1.54, 1.807) is 13.8 Å². The Hall–Kier alpha value is -1.75. The smallest absolute Gasteiger partial charge is 0.215 e. The van der Waals surface area contributed by atoms with Gasteiger partial charge < -0.3 is 19.7 Å². The van der Waals surface area contributed by atoms with Crippen molar-refractivity contribution in [1.82, 2.24) is 0 Å². The molecule has 4 rings (SSSR count). The van der Waals surface area contributed by atoms with E-state index in [0.717, 1.165) is 19.3 Å². The zero-order valence-electron chi connectivity index (χ0n) is 17.0. The fourth-order valence-corrected chi connectivity index (χ4v) is 5.61. The van der Waals surface area contributed by atoms with Gasteiger partial charge in [0.25, 0.3) is 0 Å². The normalized spacial score (nSPS) is 32.6. The largest absolute Gasteiger partial charge is 0.507 e. The van der Waals surface area contributed by atoms with Crippen LogP contribution in [0.1, 0.15) is 82.6 Å². The van der Waals surface area contributed by atoms with E-state index < -0.39 is 5.79 Å². The molecule has 0 amide bonds. The second kappa shape index (κ2) is 5.40. The van der Waals surface area contributed by atoms with Crippen molar-refractivity contribution < 1.29 is 24.5 Å². The Bertz CT molecular complexity index is 822. The summed E-state index contributed by atoms with van der Waals surface area (Å²) in [6.45, 7) is 12.1. The van der Waals surface area contributed by atoms with Crippen molar-refractivity contribution in [2.75, 3.05) is 0 Å². The summed E-state index contributed by atoms with van der Waals surface area (Å²) >= 11 is 0. The number of benzene rings is 1. The van der Waals surface area contributed by atoms with Gasteiger partial charge in [0, 0.05) is 35.8 Å². The van der Waals surface area contributed by atoms with Gasteiger partial charge in [0.05, 0.1) is 5.60 Å². The van der Waals surface area contributed by atoms with Crippen LogP contribution >= 0.6 is 0 Å². The molecule has 1 aliphatic carbocycles. The predicted octanol–water partition coefficient (Wildman–Crippen LogP) is 4.74. The fraction of sp³-hybridized carbons (Fsp3) is 0.682. The molecule has 0 aromatic heterocycles. The van der Waals surface area contributed by atoms with Gasteiger partial charge in [-0.25, -0.2) is 0 Å². The van der Waals surface area contributed by atoms with Crippen molar-refractivity contribution in [3.63, 3.8) is 0 Å². The maximum atomic E-state index is 12.9. The highest BCUT2D eigenvalue weighted by Gasteiger charge is 2.65. The minimum atomic E-state index is -0.824. The van der Waals surface area contributed by atoms with Gasteiger partial charge >= 0.3 is 0 Å². The minimum absolute atomic E-state index is 0.00353. The van der Waals surface area contributed by atoms with Crippen molar-refractivity contribution in [2.45, 2.75) is 78.1 Å². The molecule has 2 fully saturated rings. The number of fused-ring (bicyclic) bond motifs is 2. The lowest BCUT2D eigenvalue weighted by Crippen LogP contribution is -2.55. The number of ketones is 1. The van der Waals surface area contributed by atoms with Gasteiger partial charge in [-0.2, -0.15) is 0 Å². The molecule has 3 atom stereocenters. The molecule has 2 bridgehead atoms. The first kappa shape index (κ1) is 18.6. The van der Waals surface area contributed by atoms with Crippen LogP contribution in [0.15, 0.2) is 6.07 Å². The van der Waals surface area contributed by atoms with Gasteiger partial charge in [-0.05, 0) is 32.1 Å². The highest BCUT2D eigenvalue weighted by molar-refractivity contribution is 6.03. The van der Waals surface area contributed by atoms with Gasteiger partial charge in [0.1, 0.15) is 22.8 Å². The number of hydrogen-bond acceptors (Lipinski definition) is 5. The third-order valence-electron chi connectivity index (χ3n) is 6.40. The number of Topliss-reactive ketones (excluding diaryl/α,β-unsaturated/α-hetero) is 1. The van der Waals surface area contributed by atoms with Crippen LogP contribution in [0.25, 0.3) is 0 Å². The number of phenols is 2. The number of rotatable bonds is 2. The topological polar surface area (TPSA) is 76.0 Å². The molecule has 2 heterocycles. The van der Waals surface area contributed by atoms with Gasteiger partial charge in [-0.1, -0.05) is 27.7 Å². The lowest BCUT2D eigenvalue weighted by atomic mass is 9.60. The maximum Gasteiger partial charge on any atom is 0.215 e. The third kappa shape index (κ3) is 2.65. The lowest BCUT2D eigenvalue weighted by Gasteiger charge is -2.53. The van der Waals surface area contributed by atoms with E-state index in [9.17, 15) is 15.0 Å². The lowest BCUT2D eigenvalue weighted by molar-refractivity contribution is -0.251. The summed E-state index contributed by atoms with van der Waals surface area (Å²) in [6.07, 6.45) is 2.43. The Morgan fingerprint density at radius 2 is 1.81 bits per heavy atom. The van der Waals surface area contributed by atoms with Crippen molar-refractivity contribution in [3.8, 4) is 17.2 Å². The van der Waals surface area contributed by atoms with E-state index in [1.807, 2.05) is 0 Å². The van der Waals surface area contributed by atoms with Gasteiger partial charge in [0.15, 0.2) is 5.78 Å². The van der Waals surface area contributed by atoms with Crippen molar-refractivity contribution in [2.24, 2.45) is 17.3 Å². The Morgan fingerprint density at radius 1 is 1.15 bits per heavy atom. The highest BCUT2D eigenvalue weighted by Crippen LogP contribution is 2.66. The number of aromatic hydroxyl groups is 2. The summed E-state index contributed by atoms with van der Waals surface area (Å²) in [4.78, 5) is 12.9. The number of carbonyl (C=O) groups excluding carboxylic acids is 1. The molecule has 3 aliphatic rings. The monoisotopic (exact) mass is 374 g/mol. The Morgan fingerprint density at radius 3 is 2.44 bits per heavy atom. The van der Waals surface area contributed by atoms with Gasteiger partial charge in [-0.3, -0.25) is 4.79 Å². The molecular weight excluding hydrogens is 344 g/mol. The van der Waals surface area contributed by atoms with Crippen LogP contribution in [0.2, 0.25) is 0 Å². The fourth-order valence-electron chi connectivity index (χ4n) is 5.61. The van der Waals surface area contributed by atoms with Crippen molar-refractivity contribution in [3.05, 3.63) is 17.2 Å². The maximum absolute atomic E-state index is 12.9. The molecule has 27 heavy (non-hydrogen) atoms. The molecule has 1 aromatic rings. The van der Waals surface area contributed by atoms with E-state index in [2.05, 4.69) is 27.7 Å². The van der Waals surface area contributed by atoms with Crippen LogP contribution in [0.5, 0.6) is 17.2 Å². The summed E-state index contributed by atoms with van der Waals surface area (Å²) in [5.74, 6) is -1.06. The van der Waals surface area contributed by atoms with E-state index in [-0.39, 0.29) is 51.6 Å². The zero-order chi connectivity index (χ0) is 19.9. The van der Waals surface area contributed by atoms with Crippen LogP contribution < -0.4 is 4.74 Å². The molecule has 0 spiro atoms. The van der Waals surface area contributed by atoms with Crippen LogP contribution in [-0.2, 0) is 4.74 Å². The molecule has 148 valence electrons. The number of ether oxygens (including phenoxy) is 2. The SMILES string of the molecule is CC(C)C(=O)c1c(O)cc(O)c2c1O[C@]13CC(C)(C)C[C@H]2[C@@H]1CC(C)(C)O3. The van der Waals surface area contributed by atoms with E-state index in [1.165, 1.54) is 6.07 Å². The quantitative estimate of drug-likeness (QED) is 0.731. The third-order valence-corrected chi connectivity index (χ3v) is 6.40. The standard InChI is InChI=1S/C22H30O5/c1-11(2)18(25)17-15(24)7-14(23)16-12-8-20(3,4)10-22(26-19(16)17)13(12)9-21(5,6)27-22/h7,11-13,23-24H,8-10H2,1-6H3/t12-,13-,22-/m0/s1. The van der Waals surface area contributed by atoms with Gasteiger partial charge in [-0.15, -0.1) is 0 Å². The summed E-state index contributed by atoms with van der Waals surface area (Å²) in [7, 11) is 0. The molecule has 0 radical (unpaired) electrons. The number of carbonyl (C=O) groups is 1. The van der Waals surface area contributed by atoms with Crippen molar-refractivity contribution in [1.29, 1.82) is 0 Å². The molecular formula is C22H30O5. The first-order chi connectivity index (χ1) is 12.4. The minimum Gasteiger partial charge on any atom is -0.507 e. The van der Waals surface area contributed by atoms with Crippen LogP contribution in [0.3, 0.4) is 0 Å². The number of hydrogen-bond donors (Lipinski definition) is 2. The van der Waals surface area contributed by atoms with E-state index in [0.29, 0.717) is 11.3 Å². The Kier molecular flexibility index (Phi) is 3.72. The molecule has 1 aromatic carbocycles. The Balaban J connectivity index is 1.97. The van der Waals surface area contributed by atoms with Gasteiger partial charge in [0.2, 0.25) is 5.79 Å². The molecule has 2 aliphatic heterocycles. The molecule has 5 heteroatoms. The summed E-state index contributed by atoms with van der Waals surface area (Å²) in [6, 6.07) is 1.30. The molecule has 1 saturated heterocycles. The van der Waals surface area contributed by atoms with Crippen molar-refractivity contribution >= 4 is 5.78 Å². The average molecular weight is 374 g/mol. The highest BCUT2D eigenvalue weighted by atomic mass is 16.7. The summed E-state index contributed by atoms with van der Waals surface area (Å²) in [5, 5.41) is 21.2. The molecule has 1 saturated carbocycles. The number of phenolic OH excluding ortho intramolecular Hbond substituents is 2. The molecule has 2 N–H and O–H groups in total. The van der Waals surface area contributed by atoms with Crippen LogP contribution in [0, 0.1) is 17.3 Å². The van der Waals surface area contributed by atoms with E-state index >= 15 is 0 Å². The molecule has 0 unspecified atom stereocenters. The summed E-state index contributed by atoms with van der Waals surface area (Å²) in [5.41, 5.74) is 0.469. The van der Waals surface area contributed by atoms with Crippen LogP contribution in [-0.4, -0.2) is 27.4 Å². The molecule has 5 nitrogen and oxygen atoms in total. The Labute approximate surface area is 160 Å².